The molecule has 1 saturated heterocycles. The van der Waals surface area contributed by atoms with Gasteiger partial charge in [-0.25, -0.2) is 0 Å². The Labute approximate surface area is 99.9 Å². The molecule has 0 aromatic rings. The monoisotopic (exact) mass is 310 g/mol. The van der Waals surface area contributed by atoms with Crippen LogP contribution in [0.25, 0.3) is 0 Å². The number of alkyl halides is 1. The lowest BCUT2D eigenvalue weighted by Gasteiger charge is -2.44. The van der Waals surface area contributed by atoms with Gasteiger partial charge in [0.2, 0.25) is 0 Å². The Morgan fingerprint density at radius 2 is 1.93 bits per heavy atom. The summed E-state index contributed by atoms with van der Waals surface area (Å²) in [4.78, 5) is 0. The molecule has 1 unspecified atom stereocenters. The van der Waals surface area contributed by atoms with Crippen molar-refractivity contribution in [3.05, 3.63) is 0 Å². The number of halogens is 1. The van der Waals surface area contributed by atoms with Gasteiger partial charge in [0.05, 0.1) is 13.2 Å². The minimum absolute atomic E-state index is 0.198. The fourth-order valence-corrected chi connectivity index (χ4v) is 3.42. The van der Waals surface area contributed by atoms with E-state index in [4.69, 9.17) is 9.47 Å². The van der Waals surface area contributed by atoms with E-state index in [0.29, 0.717) is 5.92 Å². The zero-order chi connectivity index (χ0) is 10.2. The first-order valence-electron chi connectivity index (χ1n) is 5.42. The standard InChI is InChI=1S/C11H19IO2/c1-10(2)7-13-11(14-8-10)5-3-4-9(11)6-12/h9H,3-8H2,1-2H3. The number of hydrogen-bond donors (Lipinski definition) is 0. The van der Waals surface area contributed by atoms with Crippen LogP contribution in [0.3, 0.4) is 0 Å². The zero-order valence-corrected chi connectivity index (χ0v) is 11.2. The molecule has 14 heavy (non-hydrogen) atoms. The van der Waals surface area contributed by atoms with Crippen LogP contribution in [0.2, 0.25) is 0 Å². The van der Waals surface area contributed by atoms with E-state index >= 15 is 0 Å². The van der Waals surface area contributed by atoms with Crippen LogP contribution >= 0.6 is 22.6 Å². The molecule has 1 spiro atoms. The number of rotatable bonds is 1. The van der Waals surface area contributed by atoms with Crippen LogP contribution < -0.4 is 0 Å². The summed E-state index contributed by atoms with van der Waals surface area (Å²) >= 11 is 2.45. The minimum Gasteiger partial charge on any atom is -0.349 e. The summed E-state index contributed by atoms with van der Waals surface area (Å²) in [6, 6.07) is 0. The molecule has 1 aliphatic carbocycles. The van der Waals surface area contributed by atoms with Gasteiger partial charge in [0.15, 0.2) is 5.79 Å². The first-order valence-corrected chi connectivity index (χ1v) is 6.94. The van der Waals surface area contributed by atoms with Crippen LogP contribution in [0.15, 0.2) is 0 Å². The Bertz CT molecular complexity index is 205. The van der Waals surface area contributed by atoms with Crippen molar-refractivity contribution in [3.63, 3.8) is 0 Å². The maximum atomic E-state index is 6.02. The third kappa shape index (κ3) is 1.95. The van der Waals surface area contributed by atoms with Crippen molar-refractivity contribution < 1.29 is 9.47 Å². The molecule has 1 heterocycles. The molecule has 82 valence electrons. The van der Waals surface area contributed by atoms with Gasteiger partial charge in [-0.05, 0) is 12.8 Å². The van der Waals surface area contributed by atoms with Crippen molar-refractivity contribution in [1.82, 2.24) is 0 Å². The fourth-order valence-electron chi connectivity index (χ4n) is 2.31. The van der Waals surface area contributed by atoms with E-state index in [1.54, 1.807) is 0 Å². The summed E-state index contributed by atoms with van der Waals surface area (Å²) < 4.78 is 13.2. The van der Waals surface area contributed by atoms with Crippen molar-refractivity contribution in [2.24, 2.45) is 11.3 Å². The molecule has 2 rings (SSSR count). The summed E-state index contributed by atoms with van der Waals surface area (Å²) in [7, 11) is 0. The average Bonchev–Trinajstić information content (AvgIpc) is 2.54. The fraction of sp³-hybridized carbons (Fsp3) is 1.00. The summed E-state index contributed by atoms with van der Waals surface area (Å²) in [5.74, 6) is 0.399. The van der Waals surface area contributed by atoms with Crippen molar-refractivity contribution in [2.75, 3.05) is 17.6 Å². The Kier molecular flexibility index (Phi) is 3.11. The van der Waals surface area contributed by atoms with Gasteiger partial charge in [-0.1, -0.05) is 36.4 Å². The minimum atomic E-state index is -0.212. The maximum Gasteiger partial charge on any atom is 0.171 e. The van der Waals surface area contributed by atoms with E-state index < -0.39 is 0 Å². The first-order chi connectivity index (χ1) is 6.58. The molecule has 2 aliphatic rings. The second-order valence-corrected chi connectivity index (χ2v) is 6.18. The predicted molar refractivity (Wildman–Crippen MR) is 64.6 cm³/mol. The molecule has 0 aromatic carbocycles. The van der Waals surface area contributed by atoms with Gasteiger partial charge in [0.1, 0.15) is 0 Å². The van der Waals surface area contributed by atoms with Crippen LogP contribution in [-0.2, 0) is 9.47 Å². The van der Waals surface area contributed by atoms with Gasteiger partial charge in [0.25, 0.3) is 0 Å². The van der Waals surface area contributed by atoms with Crippen molar-refractivity contribution in [2.45, 2.75) is 38.9 Å². The van der Waals surface area contributed by atoms with E-state index in [-0.39, 0.29) is 11.2 Å². The Morgan fingerprint density at radius 3 is 2.50 bits per heavy atom. The molecule has 3 heteroatoms. The number of hydrogen-bond acceptors (Lipinski definition) is 2. The molecule has 1 saturated carbocycles. The molecule has 1 atom stereocenters. The van der Waals surface area contributed by atoms with Gasteiger partial charge in [-0.15, -0.1) is 0 Å². The molecule has 0 aromatic heterocycles. The maximum absolute atomic E-state index is 6.02. The molecular formula is C11H19IO2. The van der Waals surface area contributed by atoms with Crippen LogP contribution in [0.5, 0.6) is 0 Å². The van der Waals surface area contributed by atoms with Crippen LogP contribution in [0, 0.1) is 11.3 Å². The SMILES string of the molecule is CC1(C)COC2(CCCC2CI)OC1. The highest BCUT2D eigenvalue weighted by molar-refractivity contribution is 14.1. The molecule has 2 fully saturated rings. The quantitative estimate of drug-likeness (QED) is 0.547. The van der Waals surface area contributed by atoms with E-state index in [1.807, 2.05) is 0 Å². The predicted octanol–water partition coefficient (Wildman–Crippen LogP) is 2.99. The first kappa shape index (κ1) is 11.1. The summed E-state index contributed by atoms with van der Waals surface area (Å²) in [6.07, 6.45) is 3.62. The van der Waals surface area contributed by atoms with Crippen LogP contribution in [-0.4, -0.2) is 23.4 Å². The van der Waals surface area contributed by atoms with Crippen LogP contribution in [0.1, 0.15) is 33.1 Å². The highest BCUT2D eigenvalue weighted by atomic mass is 127. The van der Waals surface area contributed by atoms with Crippen LogP contribution in [0.4, 0.5) is 0 Å². The van der Waals surface area contributed by atoms with Gasteiger partial charge in [0, 0.05) is 22.2 Å². The van der Waals surface area contributed by atoms with Gasteiger partial charge in [-0.3, -0.25) is 0 Å². The van der Waals surface area contributed by atoms with Crippen molar-refractivity contribution in [3.8, 4) is 0 Å². The van der Waals surface area contributed by atoms with Crippen molar-refractivity contribution in [1.29, 1.82) is 0 Å². The zero-order valence-electron chi connectivity index (χ0n) is 9.01. The second-order valence-electron chi connectivity index (χ2n) is 5.30. The lowest BCUT2D eigenvalue weighted by molar-refractivity contribution is -0.310. The second kappa shape index (κ2) is 3.91. The van der Waals surface area contributed by atoms with Crippen molar-refractivity contribution >= 4 is 22.6 Å². The molecule has 2 nitrogen and oxygen atoms in total. The highest BCUT2D eigenvalue weighted by Crippen LogP contribution is 2.45. The van der Waals surface area contributed by atoms with Gasteiger partial charge >= 0.3 is 0 Å². The molecule has 0 radical (unpaired) electrons. The Morgan fingerprint density at radius 1 is 1.29 bits per heavy atom. The van der Waals surface area contributed by atoms with Gasteiger partial charge in [-0.2, -0.15) is 0 Å². The summed E-state index contributed by atoms with van der Waals surface area (Å²) in [5, 5.41) is 0. The molecule has 0 N–H and O–H groups in total. The van der Waals surface area contributed by atoms with E-state index in [0.717, 1.165) is 24.1 Å². The van der Waals surface area contributed by atoms with E-state index in [2.05, 4.69) is 36.4 Å². The Balaban J connectivity index is 2.04. The summed E-state index contributed by atoms with van der Waals surface area (Å²) in [6.45, 7) is 6.10. The highest BCUT2D eigenvalue weighted by Gasteiger charge is 2.48. The van der Waals surface area contributed by atoms with Gasteiger partial charge < -0.3 is 9.47 Å². The summed E-state index contributed by atoms with van der Waals surface area (Å²) in [5.41, 5.74) is 0.198. The smallest absolute Gasteiger partial charge is 0.171 e. The normalized spacial score (nSPS) is 34.9. The average molecular weight is 310 g/mol. The van der Waals surface area contributed by atoms with E-state index in [9.17, 15) is 0 Å². The lowest BCUT2D eigenvalue weighted by Crippen LogP contribution is -2.50. The lowest BCUT2D eigenvalue weighted by atomic mass is 9.93. The van der Waals surface area contributed by atoms with E-state index in [1.165, 1.54) is 12.8 Å². The molecule has 0 bridgehead atoms. The third-order valence-corrected chi connectivity index (χ3v) is 4.36. The molecule has 1 aliphatic heterocycles. The topological polar surface area (TPSA) is 18.5 Å². The molecule has 0 amide bonds. The third-order valence-electron chi connectivity index (χ3n) is 3.30. The largest absolute Gasteiger partial charge is 0.349 e. The Hall–Kier alpha value is 0.650. The molecular weight excluding hydrogens is 291 g/mol. The number of ether oxygens (including phenoxy) is 2.